The molecular formula is C13H15FN2O. The van der Waals surface area contributed by atoms with E-state index in [1.165, 1.54) is 6.07 Å². The van der Waals surface area contributed by atoms with Crippen molar-refractivity contribution < 1.29 is 8.81 Å². The van der Waals surface area contributed by atoms with E-state index in [1.54, 1.807) is 24.4 Å². The summed E-state index contributed by atoms with van der Waals surface area (Å²) in [6, 6.07) is 6.51. The normalized spacial score (nSPS) is 10.7. The molecule has 0 unspecified atom stereocenters. The number of rotatable bonds is 5. The predicted octanol–water partition coefficient (Wildman–Crippen LogP) is 2.98. The van der Waals surface area contributed by atoms with Gasteiger partial charge in [0.2, 0.25) is 5.89 Å². The van der Waals surface area contributed by atoms with Gasteiger partial charge in [-0.25, -0.2) is 9.37 Å². The van der Waals surface area contributed by atoms with Crippen LogP contribution in [0.25, 0.3) is 11.3 Å². The van der Waals surface area contributed by atoms with Gasteiger partial charge < -0.3 is 9.73 Å². The van der Waals surface area contributed by atoms with E-state index in [2.05, 4.69) is 17.2 Å². The number of oxazole rings is 1. The molecule has 0 aliphatic carbocycles. The highest BCUT2D eigenvalue weighted by atomic mass is 19.1. The Morgan fingerprint density at radius 2 is 2.18 bits per heavy atom. The van der Waals surface area contributed by atoms with Crippen LogP contribution in [0, 0.1) is 5.82 Å². The Labute approximate surface area is 99.7 Å². The number of nitrogens with one attached hydrogen (secondary N) is 1. The van der Waals surface area contributed by atoms with Crippen molar-refractivity contribution in [2.24, 2.45) is 0 Å². The van der Waals surface area contributed by atoms with Gasteiger partial charge in [-0.05, 0) is 25.1 Å². The molecule has 0 amide bonds. The van der Waals surface area contributed by atoms with Crippen molar-refractivity contribution in [2.75, 3.05) is 6.54 Å². The van der Waals surface area contributed by atoms with E-state index in [0.717, 1.165) is 13.0 Å². The van der Waals surface area contributed by atoms with Crippen LogP contribution in [0.4, 0.5) is 4.39 Å². The molecule has 4 heteroatoms. The van der Waals surface area contributed by atoms with E-state index in [9.17, 15) is 4.39 Å². The molecule has 1 aromatic carbocycles. The number of aromatic nitrogens is 1. The maximum Gasteiger partial charge on any atom is 0.208 e. The SMILES string of the molecule is CCCNCc1ncc(-c2ccccc2F)o1. The van der Waals surface area contributed by atoms with E-state index in [1.807, 2.05) is 0 Å². The summed E-state index contributed by atoms with van der Waals surface area (Å²) >= 11 is 0. The zero-order valence-electron chi connectivity index (χ0n) is 9.74. The Bertz CT molecular complexity index is 482. The second-order valence-corrected chi connectivity index (χ2v) is 3.77. The molecule has 0 saturated carbocycles. The van der Waals surface area contributed by atoms with Gasteiger partial charge >= 0.3 is 0 Å². The topological polar surface area (TPSA) is 38.1 Å². The summed E-state index contributed by atoms with van der Waals surface area (Å²) in [6.45, 7) is 3.58. The zero-order valence-corrected chi connectivity index (χ0v) is 9.74. The molecule has 0 aliphatic heterocycles. The Hall–Kier alpha value is -1.68. The second kappa shape index (κ2) is 5.59. The lowest BCUT2D eigenvalue weighted by Crippen LogP contribution is -2.13. The summed E-state index contributed by atoms with van der Waals surface area (Å²) < 4.78 is 19.0. The van der Waals surface area contributed by atoms with Crippen molar-refractivity contribution in [1.82, 2.24) is 10.3 Å². The first-order valence-corrected chi connectivity index (χ1v) is 5.71. The smallest absolute Gasteiger partial charge is 0.208 e. The zero-order chi connectivity index (χ0) is 12.1. The lowest BCUT2D eigenvalue weighted by Gasteiger charge is -1.99. The Morgan fingerprint density at radius 1 is 1.35 bits per heavy atom. The molecule has 0 bridgehead atoms. The molecule has 1 aromatic heterocycles. The molecule has 2 aromatic rings. The average Bonchev–Trinajstić information content (AvgIpc) is 2.79. The molecule has 3 nitrogen and oxygen atoms in total. The lowest BCUT2D eigenvalue weighted by molar-refractivity contribution is 0.475. The number of halogens is 1. The third-order valence-electron chi connectivity index (χ3n) is 2.40. The second-order valence-electron chi connectivity index (χ2n) is 3.77. The largest absolute Gasteiger partial charge is 0.439 e. The standard InChI is InChI=1S/C13H15FN2O/c1-2-7-15-9-13-16-8-12(17-13)10-5-3-4-6-11(10)14/h3-6,8,15H,2,7,9H2,1H3. The van der Waals surface area contributed by atoms with Crippen molar-refractivity contribution in [1.29, 1.82) is 0 Å². The number of hydrogen-bond acceptors (Lipinski definition) is 3. The van der Waals surface area contributed by atoms with Crippen LogP contribution in [0.2, 0.25) is 0 Å². The van der Waals surface area contributed by atoms with Gasteiger partial charge in [0.05, 0.1) is 18.3 Å². The highest BCUT2D eigenvalue weighted by molar-refractivity contribution is 5.56. The van der Waals surface area contributed by atoms with Crippen LogP contribution in [-0.2, 0) is 6.54 Å². The molecule has 0 radical (unpaired) electrons. The number of benzene rings is 1. The monoisotopic (exact) mass is 234 g/mol. The summed E-state index contributed by atoms with van der Waals surface area (Å²) in [4.78, 5) is 4.11. The molecule has 0 fully saturated rings. The third kappa shape index (κ3) is 2.91. The summed E-state index contributed by atoms with van der Waals surface area (Å²) in [6.07, 6.45) is 2.61. The Balaban J connectivity index is 2.10. The van der Waals surface area contributed by atoms with Gasteiger partial charge in [-0.1, -0.05) is 19.1 Å². The van der Waals surface area contributed by atoms with Crippen molar-refractivity contribution >= 4 is 0 Å². The predicted molar refractivity (Wildman–Crippen MR) is 63.9 cm³/mol. The van der Waals surface area contributed by atoms with Gasteiger partial charge in [0.1, 0.15) is 5.82 Å². The third-order valence-corrected chi connectivity index (χ3v) is 2.40. The lowest BCUT2D eigenvalue weighted by atomic mass is 10.2. The minimum absolute atomic E-state index is 0.295. The van der Waals surface area contributed by atoms with Gasteiger partial charge in [-0.3, -0.25) is 0 Å². The van der Waals surface area contributed by atoms with Crippen LogP contribution in [-0.4, -0.2) is 11.5 Å². The van der Waals surface area contributed by atoms with Crippen molar-refractivity contribution in [2.45, 2.75) is 19.9 Å². The van der Waals surface area contributed by atoms with Crippen LogP contribution in [0.5, 0.6) is 0 Å². The Morgan fingerprint density at radius 3 is 2.94 bits per heavy atom. The molecular weight excluding hydrogens is 219 g/mol. The van der Waals surface area contributed by atoms with Crippen molar-refractivity contribution in [3.05, 3.63) is 42.2 Å². The highest BCUT2D eigenvalue weighted by Crippen LogP contribution is 2.22. The maximum absolute atomic E-state index is 13.5. The number of nitrogens with zero attached hydrogens (tertiary/aromatic N) is 1. The fourth-order valence-electron chi connectivity index (χ4n) is 1.55. The highest BCUT2D eigenvalue weighted by Gasteiger charge is 2.09. The van der Waals surface area contributed by atoms with E-state index < -0.39 is 0 Å². The molecule has 0 spiro atoms. The van der Waals surface area contributed by atoms with Gasteiger partial charge in [0.15, 0.2) is 5.76 Å². The van der Waals surface area contributed by atoms with Crippen LogP contribution in [0.3, 0.4) is 0 Å². The van der Waals surface area contributed by atoms with Crippen LogP contribution in [0.1, 0.15) is 19.2 Å². The van der Waals surface area contributed by atoms with Gasteiger partial charge in [0.25, 0.3) is 0 Å². The summed E-state index contributed by atoms with van der Waals surface area (Å²) in [7, 11) is 0. The van der Waals surface area contributed by atoms with Crippen molar-refractivity contribution in [3.63, 3.8) is 0 Å². The van der Waals surface area contributed by atoms with Crippen LogP contribution in [0.15, 0.2) is 34.9 Å². The average molecular weight is 234 g/mol. The minimum Gasteiger partial charge on any atom is -0.439 e. The molecule has 17 heavy (non-hydrogen) atoms. The van der Waals surface area contributed by atoms with Crippen LogP contribution < -0.4 is 5.32 Å². The molecule has 0 aliphatic rings. The minimum atomic E-state index is -0.295. The molecule has 2 rings (SSSR count). The molecule has 90 valence electrons. The van der Waals surface area contributed by atoms with Crippen molar-refractivity contribution in [3.8, 4) is 11.3 Å². The fourth-order valence-corrected chi connectivity index (χ4v) is 1.55. The first kappa shape index (κ1) is 11.8. The summed E-state index contributed by atoms with van der Waals surface area (Å²) in [5, 5.41) is 3.18. The summed E-state index contributed by atoms with van der Waals surface area (Å²) in [5.41, 5.74) is 0.446. The van der Waals surface area contributed by atoms with Gasteiger partial charge in [0, 0.05) is 0 Å². The first-order chi connectivity index (χ1) is 8.31. The van der Waals surface area contributed by atoms with Crippen LogP contribution >= 0.6 is 0 Å². The summed E-state index contributed by atoms with van der Waals surface area (Å²) in [5.74, 6) is 0.754. The molecule has 0 saturated heterocycles. The molecule has 0 atom stereocenters. The van der Waals surface area contributed by atoms with E-state index in [0.29, 0.717) is 23.8 Å². The van der Waals surface area contributed by atoms with Gasteiger partial charge in [-0.2, -0.15) is 0 Å². The molecule has 1 heterocycles. The van der Waals surface area contributed by atoms with E-state index in [-0.39, 0.29) is 5.82 Å². The molecule has 1 N–H and O–H groups in total. The fraction of sp³-hybridized carbons (Fsp3) is 0.308. The number of hydrogen-bond donors (Lipinski definition) is 1. The van der Waals surface area contributed by atoms with E-state index in [4.69, 9.17) is 4.42 Å². The Kier molecular flexibility index (Phi) is 3.88. The quantitative estimate of drug-likeness (QED) is 0.808. The first-order valence-electron chi connectivity index (χ1n) is 5.71. The maximum atomic E-state index is 13.5. The van der Waals surface area contributed by atoms with Gasteiger partial charge in [-0.15, -0.1) is 0 Å². The van der Waals surface area contributed by atoms with E-state index >= 15 is 0 Å².